The third-order valence-corrected chi connectivity index (χ3v) is 6.94. The van der Waals surface area contributed by atoms with E-state index in [1.165, 1.54) is 0 Å². The first kappa shape index (κ1) is 20.6. The number of aromatic nitrogens is 1. The molecule has 3 atom stereocenters. The highest BCUT2D eigenvalue weighted by Gasteiger charge is 2.42. The van der Waals surface area contributed by atoms with Crippen LogP contribution in [0.2, 0.25) is 0 Å². The van der Waals surface area contributed by atoms with E-state index in [0.29, 0.717) is 43.4 Å². The van der Waals surface area contributed by atoms with Crippen molar-refractivity contribution in [1.29, 1.82) is 0 Å². The lowest BCUT2D eigenvalue weighted by Crippen LogP contribution is -2.50. The van der Waals surface area contributed by atoms with Gasteiger partial charge in [-0.25, -0.2) is 0 Å². The first-order chi connectivity index (χ1) is 15.5. The Morgan fingerprint density at radius 1 is 1.00 bits per heavy atom. The summed E-state index contributed by atoms with van der Waals surface area (Å²) in [6, 6.07) is 10.7. The number of pyridine rings is 1. The largest absolute Gasteiger partial charge is 0.497 e. The van der Waals surface area contributed by atoms with Gasteiger partial charge in [-0.15, -0.1) is 0 Å². The van der Waals surface area contributed by atoms with Gasteiger partial charge in [0.15, 0.2) is 0 Å². The van der Waals surface area contributed by atoms with Crippen molar-refractivity contribution in [3.63, 3.8) is 0 Å². The number of anilines is 1. The number of fused-ring (bicyclic) bond motifs is 4. The minimum absolute atomic E-state index is 0.0177. The Bertz CT molecular complexity index is 1130. The molecule has 8 nitrogen and oxygen atoms in total. The first-order valence-electron chi connectivity index (χ1n) is 11.0. The van der Waals surface area contributed by atoms with Crippen LogP contribution in [0.15, 0.2) is 41.2 Å². The van der Waals surface area contributed by atoms with Crippen molar-refractivity contribution in [3.8, 4) is 11.5 Å². The molecule has 3 aliphatic rings. The molecule has 0 spiro atoms. The van der Waals surface area contributed by atoms with Crippen molar-refractivity contribution in [2.45, 2.75) is 25.3 Å². The van der Waals surface area contributed by atoms with Crippen LogP contribution in [0.25, 0.3) is 0 Å². The third kappa shape index (κ3) is 3.43. The van der Waals surface area contributed by atoms with E-state index < -0.39 is 5.92 Å². The van der Waals surface area contributed by atoms with E-state index in [1.54, 1.807) is 49.5 Å². The molecule has 0 saturated carbocycles. The van der Waals surface area contributed by atoms with Gasteiger partial charge in [0.25, 0.3) is 5.56 Å². The zero-order valence-electron chi connectivity index (χ0n) is 18.3. The number of hydrogen-bond donors (Lipinski definition) is 0. The summed E-state index contributed by atoms with van der Waals surface area (Å²) in [5, 5.41) is 0. The van der Waals surface area contributed by atoms with Gasteiger partial charge in [-0.1, -0.05) is 6.07 Å². The van der Waals surface area contributed by atoms with Crippen LogP contribution in [0.4, 0.5) is 5.69 Å². The Balaban J connectivity index is 1.35. The van der Waals surface area contributed by atoms with Gasteiger partial charge < -0.3 is 23.8 Å². The van der Waals surface area contributed by atoms with Crippen LogP contribution in [-0.2, 0) is 16.1 Å². The quantitative estimate of drug-likeness (QED) is 0.730. The molecule has 168 valence electrons. The van der Waals surface area contributed by atoms with E-state index in [-0.39, 0.29) is 35.6 Å². The number of hydrogen-bond acceptors (Lipinski definition) is 5. The minimum Gasteiger partial charge on any atom is -0.497 e. The van der Waals surface area contributed by atoms with E-state index in [1.807, 2.05) is 15.5 Å². The molecule has 1 aromatic carbocycles. The van der Waals surface area contributed by atoms with Crippen molar-refractivity contribution < 1.29 is 19.1 Å². The molecule has 2 amide bonds. The van der Waals surface area contributed by atoms with Crippen LogP contribution >= 0.6 is 0 Å². The Hall–Kier alpha value is -3.29. The van der Waals surface area contributed by atoms with Gasteiger partial charge >= 0.3 is 0 Å². The van der Waals surface area contributed by atoms with Crippen molar-refractivity contribution in [2.75, 3.05) is 38.8 Å². The molecule has 0 aliphatic carbocycles. The van der Waals surface area contributed by atoms with E-state index in [9.17, 15) is 14.4 Å². The highest BCUT2D eigenvalue weighted by molar-refractivity contribution is 6.01. The van der Waals surface area contributed by atoms with Crippen molar-refractivity contribution in [3.05, 3.63) is 52.4 Å². The van der Waals surface area contributed by atoms with E-state index >= 15 is 0 Å². The number of amides is 2. The number of rotatable bonds is 4. The molecule has 0 N–H and O–H groups in total. The molecule has 2 fully saturated rings. The summed E-state index contributed by atoms with van der Waals surface area (Å²) in [5.74, 6) is 1.15. The number of likely N-dealkylation sites (tertiary alicyclic amines) is 1. The lowest BCUT2D eigenvalue weighted by molar-refractivity contribution is -0.138. The highest BCUT2D eigenvalue weighted by atomic mass is 16.5. The summed E-state index contributed by atoms with van der Waals surface area (Å²) >= 11 is 0. The number of nitrogens with zero attached hydrogens (tertiary/aromatic N) is 3. The maximum absolute atomic E-state index is 13.4. The molecule has 0 radical (unpaired) electrons. The second kappa shape index (κ2) is 8.00. The number of piperidine rings is 1. The van der Waals surface area contributed by atoms with Crippen LogP contribution in [0, 0.1) is 11.8 Å². The van der Waals surface area contributed by atoms with Crippen LogP contribution in [-0.4, -0.2) is 55.1 Å². The van der Waals surface area contributed by atoms with Crippen molar-refractivity contribution >= 4 is 17.5 Å². The lowest BCUT2D eigenvalue weighted by atomic mass is 9.82. The molecule has 5 rings (SSSR count). The van der Waals surface area contributed by atoms with Gasteiger partial charge in [0.1, 0.15) is 11.5 Å². The van der Waals surface area contributed by atoms with E-state index in [0.717, 1.165) is 12.1 Å². The molecule has 1 aromatic heterocycles. The van der Waals surface area contributed by atoms with E-state index in [4.69, 9.17) is 9.47 Å². The topological polar surface area (TPSA) is 81.1 Å². The Kier molecular flexibility index (Phi) is 5.15. The summed E-state index contributed by atoms with van der Waals surface area (Å²) < 4.78 is 12.6. The fraction of sp³-hybridized carbons (Fsp3) is 0.458. The molecule has 0 unspecified atom stereocenters. The molecular weight excluding hydrogens is 410 g/mol. The van der Waals surface area contributed by atoms with Gasteiger partial charge in [-0.2, -0.15) is 0 Å². The van der Waals surface area contributed by atoms with Crippen LogP contribution in [0.1, 0.15) is 24.5 Å². The van der Waals surface area contributed by atoms with Gasteiger partial charge in [0.2, 0.25) is 11.8 Å². The normalized spacial score (nSPS) is 24.3. The van der Waals surface area contributed by atoms with Crippen molar-refractivity contribution in [1.82, 2.24) is 9.47 Å². The van der Waals surface area contributed by atoms with Gasteiger partial charge in [0.05, 0.1) is 25.8 Å². The van der Waals surface area contributed by atoms with Crippen LogP contribution < -0.4 is 19.9 Å². The zero-order chi connectivity index (χ0) is 22.4. The molecule has 4 heterocycles. The Morgan fingerprint density at radius 2 is 1.84 bits per heavy atom. The Morgan fingerprint density at radius 3 is 2.62 bits per heavy atom. The Labute approximate surface area is 186 Å². The summed E-state index contributed by atoms with van der Waals surface area (Å²) in [7, 11) is 3.13. The molecule has 8 heteroatoms. The molecule has 2 bridgehead atoms. The number of methoxy groups -OCH3 is 2. The van der Waals surface area contributed by atoms with Crippen molar-refractivity contribution in [2.24, 2.45) is 11.8 Å². The number of carbonyl (C=O) groups excluding carboxylic acids is 2. The van der Waals surface area contributed by atoms with Gasteiger partial charge in [0, 0.05) is 56.3 Å². The number of benzene rings is 1. The number of carbonyl (C=O) groups is 2. The average molecular weight is 437 g/mol. The van der Waals surface area contributed by atoms with Gasteiger partial charge in [-0.05, 0) is 30.5 Å². The second-order valence-electron chi connectivity index (χ2n) is 8.88. The first-order valence-corrected chi connectivity index (χ1v) is 11.0. The minimum atomic E-state index is -0.393. The molecule has 3 aliphatic heterocycles. The molecule has 2 aromatic rings. The summed E-state index contributed by atoms with van der Waals surface area (Å²) in [6.07, 6.45) is 1.17. The monoisotopic (exact) mass is 437 g/mol. The predicted molar refractivity (Wildman–Crippen MR) is 118 cm³/mol. The lowest BCUT2D eigenvalue weighted by Gasteiger charge is -2.43. The number of ether oxygens (including phenoxy) is 2. The predicted octanol–water partition coefficient (Wildman–Crippen LogP) is 1.86. The third-order valence-electron chi connectivity index (χ3n) is 6.94. The average Bonchev–Trinajstić information content (AvgIpc) is 3.20. The summed E-state index contributed by atoms with van der Waals surface area (Å²) in [5.41, 5.74) is 1.66. The summed E-state index contributed by atoms with van der Waals surface area (Å²) in [4.78, 5) is 42.1. The smallest absolute Gasteiger partial charge is 0.250 e. The SMILES string of the molecule is COc1ccc(OC)c(N2C[C@H](C(=O)N3C[C@@H]4C[C@H](C3)c3cccc(=O)n3C4)CC2=O)c1. The fourth-order valence-electron chi connectivity index (χ4n) is 5.45. The van der Waals surface area contributed by atoms with E-state index in [2.05, 4.69) is 0 Å². The standard InChI is InChI=1S/C24H27N3O5/c1-31-18-6-7-21(32-2)20(10-18)27-14-17(9-23(27)29)24(30)25-11-15-8-16(13-25)19-4-3-5-22(28)26(19)12-15/h3-7,10,15-17H,8-9,11-14H2,1-2H3/t15-,16+,17+/m0/s1. The van der Waals surface area contributed by atoms with Crippen LogP contribution in [0.3, 0.4) is 0 Å². The fourth-order valence-corrected chi connectivity index (χ4v) is 5.45. The molecular formula is C24H27N3O5. The molecule has 32 heavy (non-hydrogen) atoms. The van der Waals surface area contributed by atoms with Crippen LogP contribution in [0.5, 0.6) is 11.5 Å². The van der Waals surface area contributed by atoms with Gasteiger partial charge in [-0.3, -0.25) is 14.4 Å². The maximum Gasteiger partial charge on any atom is 0.250 e. The molecule has 2 saturated heterocycles. The second-order valence-corrected chi connectivity index (χ2v) is 8.88. The summed E-state index contributed by atoms with van der Waals surface area (Å²) in [6.45, 7) is 2.18. The maximum atomic E-state index is 13.4. The zero-order valence-corrected chi connectivity index (χ0v) is 18.3. The highest BCUT2D eigenvalue weighted by Crippen LogP contribution is 2.38.